The van der Waals surface area contributed by atoms with E-state index in [1.54, 1.807) is 11.8 Å². The molecule has 100 valence electrons. The van der Waals surface area contributed by atoms with Crippen molar-refractivity contribution in [1.29, 1.82) is 0 Å². The van der Waals surface area contributed by atoms with Gasteiger partial charge < -0.3 is 5.73 Å². The van der Waals surface area contributed by atoms with Crippen molar-refractivity contribution in [3.63, 3.8) is 0 Å². The predicted molar refractivity (Wildman–Crippen MR) is 82.7 cm³/mol. The Hall–Kier alpha value is -0.840. The highest BCUT2D eigenvalue weighted by molar-refractivity contribution is 9.10. The summed E-state index contributed by atoms with van der Waals surface area (Å²) < 4.78 is 14.5. The fourth-order valence-corrected chi connectivity index (χ4v) is 2.97. The molecule has 1 nitrogen and oxygen atoms in total. The van der Waals surface area contributed by atoms with Crippen LogP contribution in [0.25, 0.3) is 0 Å². The molecular weight excluding hydrogens is 325 g/mol. The molecule has 0 heterocycles. The van der Waals surface area contributed by atoms with Gasteiger partial charge in [0, 0.05) is 21.2 Å². The van der Waals surface area contributed by atoms with E-state index in [4.69, 9.17) is 5.73 Å². The molecule has 0 aromatic heterocycles. The minimum absolute atomic E-state index is 0.0185. The lowest BCUT2D eigenvalue weighted by atomic mass is 10.1. The maximum absolute atomic E-state index is 13.7. The number of benzene rings is 2. The average Bonchev–Trinajstić information content (AvgIpc) is 2.38. The van der Waals surface area contributed by atoms with Crippen molar-refractivity contribution in [3.05, 3.63) is 63.9 Å². The van der Waals surface area contributed by atoms with Crippen molar-refractivity contribution in [3.8, 4) is 0 Å². The summed E-state index contributed by atoms with van der Waals surface area (Å²) in [7, 11) is 0. The molecule has 0 radical (unpaired) electrons. The van der Waals surface area contributed by atoms with E-state index in [0.29, 0.717) is 11.3 Å². The topological polar surface area (TPSA) is 26.0 Å². The summed E-state index contributed by atoms with van der Waals surface area (Å²) in [4.78, 5) is 1.11. The van der Waals surface area contributed by atoms with Crippen LogP contribution >= 0.6 is 27.7 Å². The molecule has 1 unspecified atom stereocenters. The minimum Gasteiger partial charge on any atom is -0.324 e. The monoisotopic (exact) mass is 339 g/mol. The molecule has 2 aromatic carbocycles. The smallest absolute Gasteiger partial charge is 0.128 e. The summed E-state index contributed by atoms with van der Waals surface area (Å²) in [6, 6.07) is 13.3. The first-order valence-corrected chi connectivity index (χ1v) is 7.76. The van der Waals surface area contributed by atoms with E-state index < -0.39 is 0 Å². The summed E-state index contributed by atoms with van der Waals surface area (Å²) in [5.74, 6) is 0.437. The van der Waals surface area contributed by atoms with Crippen LogP contribution in [0.4, 0.5) is 4.39 Å². The number of nitrogens with two attached hydrogens (primary N) is 1. The largest absolute Gasteiger partial charge is 0.324 e. The molecule has 0 aliphatic heterocycles. The van der Waals surface area contributed by atoms with E-state index in [-0.39, 0.29) is 11.9 Å². The van der Waals surface area contributed by atoms with E-state index in [2.05, 4.69) is 22.0 Å². The third-order valence-electron chi connectivity index (χ3n) is 2.79. The predicted octanol–water partition coefficient (Wildman–Crippen LogP) is 4.90. The summed E-state index contributed by atoms with van der Waals surface area (Å²) in [5, 5.41) is 0. The molecule has 0 bridgehead atoms. The number of halogens is 2. The highest BCUT2D eigenvalue weighted by Gasteiger charge is 2.05. The molecule has 4 heteroatoms. The Kier molecular flexibility index (Phi) is 5.02. The fraction of sp³-hybridized carbons (Fsp3) is 0.200. The Bertz CT molecular complexity index is 572. The van der Waals surface area contributed by atoms with Crippen LogP contribution in [0.1, 0.15) is 24.1 Å². The van der Waals surface area contributed by atoms with Gasteiger partial charge in [-0.25, -0.2) is 4.39 Å². The van der Waals surface area contributed by atoms with Gasteiger partial charge >= 0.3 is 0 Å². The first-order valence-electron chi connectivity index (χ1n) is 5.98. The number of hydrogen-bond acceptors (Lipinski definition) is 2. The molecule has 1 atom stereocenters. The first kappa shape index (κ1) is 14.6. The van der Waals surface area contributed by atoms with Crippen molar-refractivity contribution in [1.82, 2.24) is 0 Å². The van der Waals surface area contributed by atoms with Crippen LogP contribution in [0.2, 0.25) is 0 Å². The maximum Gasteiger partial charge on any atom is 0.128 e. The van der Waals surface area contributed by atoms with E-state index in [9.17, 15) is 4.39 Å². The van der Waals surface area contributed by atoms with Crippen molar-refractivity contribution >= 4 is 27.7 Å². The lowest BCUT2D eigenvalue weighted by Gasteiger charge is -2.08. The van der Waals surface area contributed by atoms with E-state index >= 15 is 0 Å². The molecule has 2 aromatic rings. The second-order valence-electron chi connectivity index (χ2n) is 4.39. The minimum atomic E-state index is -0.176. The van der Waals surface area contributed by atoms with Gasteiger partial charge in [-0.2, -0.15) is 0 Å². The quantitative estimate of drug-likeness (QED) is 0.801. The van der Waals surface area contributed by atoms with Crippen LogP contribution in [0.5, 0.6) is 0 Å². The van der Waals surface area contributed by atoms with Crippen LogP contribution in [-0.2, 0) is 5.75 Å². The standard InChI is InChI=1S/C15H15BrFNS/c1-10(18)11-3-2-4-14(7-11)19-9-12-5-6-13(16)8-15(12)17/h2-8,10H,9,18H2,1H3. The highest BCUT2D eigenvalue weighted by atomic mass is 79.9. The Morgan fingerprint density at radius 1 is 1.26 bits per heavy atom. The first-order chi connectivity index (χ1) is 9.06. The Balaban J connectivity index is 2.08. The molecule has 0 fully saturated rings. The Morgan fingerprint density at radius 2 is 2.05 bits per heavy atom. The maximum atomic E-state index is 13.7. The average molecular weight is 340 g/mol. The molecule has 0 spiro atoms. The van der Waals surface area contributed by atoms with Crippen molar-refractivity contribution in [2.45, 2.75) is 23.6 Å². The number of rotatable bonds is 4. The Labute approximate surface area is 125 Å². The lowest BCUT2D eigenvalue weighted by Crippen LogP contribution is -2.04. The van der Waals surface area contributed by atoms with Crippen LogP contribution in [0.15, 0.2) is 51.8 Å². The second-order valence-corrected chi connectivity index (χ2v) is 6.35. The van der Waals surface area contributed by atoms with Crippen molar-refractivity contribution < 1.29 is 4.39 Å². The molecule has 0 saturated heterocycles. The van der Waals surface area contributed by atoms with Gasteiger partial charge in [0.05, 0.1) is 0 Å². The lowest BCUT2D eigenvalue weighted by molar-refractivity contribution is 0.616. The SMILES string of the molecule is CC(N)c1cccc(SCc2ccc(Br)cc2F)c1. The van der Waals surface area contributed by atoms with E-state index in [0.717, 1.165) is 14.9 Å². The van der Waals surface area contributed by atoms with E-state index in [1.807, 2.05) is 37.3 Å². The molecule has 2 N–H and O–H groups in total. The molecule has 0 amide bonds. The van der Waals surface area contributed by atoms with E-state index in [1.165, 1.54) is 6.07 Å². The number of hydrogen-bond donors (Lipinski definition) is 1. The molecular formula is C15H15BrFNS. The van der Waals surface area contributed by atoms with Crippen molar-refractivity contribution in [2.75, 3.05) is 0 Å². The normalized spacial score (nSPS) is 12.4. The summed E-state index contributed by atoms with van der Waals surface area (Å²) in [6.07, 6.45) is 0. The van der Waals surface area contributed by atoms with Gasteiger partial charge in [0.25, 0.3) is 0 Å². The molecule has 19 heavy (non-hydrogen) atoms. The van der Waals surface area contributed by atoms with Gasteiger partial charge in [-0.1, -0.05) is 34.1 Å². The van der Waals surface area contributed by atoms with Crippen molar-refractivity contribution in [2.24, 2.45) is 5.73 Å². The fourth-order valence-electron chi connectivity index (χ4n) is 1.69. The van der Waals surface area contributed by atoms with Gasteiger partial charge in [-0.05, 0) is 42.3 Å². The van der Waals surface area contributed by atoms with Crippen LogP contribution in [-0.4, -0.2) is 0 Å². The molecule has 0 saturated carbocycles. The van der Waals surface area contributed by atoms with Gasteiger partial charge in [-0.15, -0.1) is 11.8 Å². The molecule has 0 aliphatic rings. The van der Waals surface area contributed by atoms with Gasteiger partial charge in [0.15, 0.2) is 0 Å². The molecule has 0 aliphatic carbocycles. The Morgan fingerprint density at radius 3 is 2.74 bits per heavy atom. The van der Waals surface area contributed by atoms with Gasteiger partial charge in [0.1, 0.15) is 5.82 Å². The van der Waals surface area contributed by atoms with Gasteiger partial charge in [-0.3, -0.25) is 0 Å². The van der Waals surface area contributed by atoms with Gasteiger partial charge in [0.2, 0.25) is 0 Å². The summed E-state index contributed by atoms with van der Waals surface area (Å²) >= 11 is 4.87. The summed E-state index contributed by atoms with van der Waals surface area (Å²) in [6.45, 7) is 1.96. The van der Waals surface area contributed by atoms with Crippen LogP contribution in [0.3, 0.4) is 0 Å². The second kappa shape index (κ2) is 6.55. The third kappa shape index (κ3) is 4.06. The third-order valence-corrected chi connectivity index (χ3v) is 4.33. The summed E-state index contributed by atoms with van der Waals surface area (Å²) in [5.41, 5.74) is 7.66. The zero-order valence-corrected chi connectivity index (χ0v) is 13.0. The van der Waals surface area contributed by atoms with Crippen LogP contribution < -0.4 is 5.73 Å². The highest BCUT2D eigenvalue weighted by Crippen LogP contribution is 2.27. The zero-order chi connectivity index (χ0) is 13.8. The molecule has 2 rings (SSSR count). The zero-order valence-electron chi connectivity index (χ0n) is 10.6. The number of thioether (sulfide) groups is 1. The van der Waals surface area contributed by atoms with Crippen LogP contribution in [0, 0.1) is 5.82 Å².